The third-order valence-electron chi connectivity index (χ3n) is 5.57. The predicted molar refractivity (Wildman–Crippen MR) is 131 cm³/mol. The highest BCUT2D eigenvalue weighted by Gasteiger charge is 2.35. The molecule has 2 heterocycles. The number of carbonyl (C=O) groups is 2. The fraction of sp³-hybridized carbons (Fsp3) is 0.375. The van der Waals surface area contributed by atoms with E-state index in [-0.39, 0.29) is 28.2 Å². The predicted octanol–water partition coefficient (Wildman–Crippen LogP) is 4.19. The van der Waals surface area contributed by atoms with Crippen molar-refractivity contribution in [1.29, 1.82) is 5.26 Å². The minimum Gasteiger partial charge on any atom is -0.298 e. The minimum atomic E-state index is -0.238. The van der Waals surface area contributed by atoms with Crippen molar-refractivity contribution in [3.05, 3.63) is 58.3 Å². The number of nitrogens with zero attached hydrogens (tertiary/aromatic N) is 3. The lowest BCUT2D eigenvalue weighted by Crippen LogP contribution is -2.37. The van der Waals surface area contributed by atoms with E-state index < -0.39 is 0 Å². The third kappa shape index (κ3) is 5.07. The van der Waals surface area contributed by atoms with Crippen molar-refractivity contribution in [2.24, 2.45) is 10.4 Å². The minimum absolute atomic E-state index is 0.0483. The van der Waals surface area contributed by atoms with Gasteiger partial charge >= 0.3 is 0 Å². The molecule has 1 unspecified atom stereocenters. The highest BCUT2D eigenvalue weighted by Crippen LogP contribution is 2.38. The summed E-state index contributed by atoms with van der Waals surface area (Å²) in [6.07, 6.45) is 1.69. The van der Waals surface area contributed by atoms with Gasteiger partial charge in [-0.25, -0.2) is 9.98 Å². The van der Waals surface area contributed by atoms with Crippen LogP contribution in [0.15, 0.2) is 40.4 Å². The molecule has 1 aromatic heterocycles. The lowest BCUT2D eigenvalue weighted by molar-refractivity contribution is -0.117. The van der Waals surface area contributed by atoms with E-state index >= 15 is 0 Å². The molecule has 1 aliphatic heterocycles. The lowest BCUT2D eigenvalue weighted by atomic mass is 9.74. The fourth-order valence-electron chi connectivity index (χ4n) is 4.13. The first-order valence-electron chi connectivity index (χ1n) is 10.8. The molecule has 9 heteroatoms. The molecule has 2 N–H and O–H groups in total. The molecule has 0 spiro atoms. The van der Waals surface area contributed by atoms with Gasteiger partial charge in [-0.3, -0.25) is 19.6 Å². The molecule has 0 saturated carbocycles. The van der Waals surface area contributed by atoms with Crippen LogP contribution >= 0.6 is 23.7 Å². The van der Waals surface area contributed by atoms with Crippen LogP contribution in [-0.4, -0.2) is 28.4 Å². The standard InChI is InChI=1S/C24H25N5O2S2/c1-4-15-16(12-25)22(26-17-10-24(2,3)11-18(30)20(15)17)32-13-19(31)27-23-28-21(33-29-23)14-8-6-5-7-9-14/h5-9,21H,4,10-11,13H2,1-3H3,(H2,27,28,29,31). The van der Waals surface area contributed by atoms with E-state index in [2.05, 4.69) is 39.9 Å². The number of aromatic nitrogens is 1. The number of hydrogen-bond acceptors (Lipinski definition) is 8. The molecule has 33 heavy (non-hydrogen) atoms. The average Bonchev–Trinajstić information content (AvgIpc) is 3.24. The molecule has 4 rings (SSSR count). The summed E-state index contributed by atoms with van der Waals surface area (Å²) in [5.74, 6) is 0.313. The number of carbonyl (C=O) groups excluding carboxylic acids is 2. The normalized spacial score (nSPS) is 18.7. The Morgan fingerprint density at radius 3 is 2.79 bits per heavy atom. The Morgan fingerprint density at radius 1 is 1.33 bits per heavy atom. The van der Waals surface area contributed by atoms with E-state index in [0.29, 0.717) is 41.4 Å². The summed E-state index contributed by atoms with van der Waals surface area (Å²) in [6, 6.07) is 12.1. The number of fused-ring (bicyclic) bond motifs is 1. The topological polar surface area (TPSA) is 107 Å². The Bertz CT molecular complexity index is 1170. The van der Waals surface area contributed by atoms with Gasteiger partial charge in [0.15, 0.2) is 5.78 Å². The van der Waals surface area contributed by atoms with Gasteiger partial charge in [0, 0.05) is 12.0 Å². The Hall–Kier alpha value is -2.83. The average molecular weight is 480 g/mol. The SMILES string of the molecule is CCc1c(C#N)c(SCC(=O)NC2=NC(c3ccccc3)SN2)nc2c1C(=O)CC(C)(C)C2. The van der Waals surface area contributed by atoms with Gasteiger partial charge in [-0.15, -0.1) is 0 Å². The quantitative estimate of drug-likeness (QED) is 0.489. The number of hydrogen-bond donors (Lipinski definition) is 2. The second-order valence-corrected chi connectivity index (χ2v) is 10.6. The number of nitriles is 1. The molecule has 0 fully saturated rings. The Balaban J connectivity index is 1.49. The third-order valence-corrected chi connectivity index (χ3v) is 7.46. The largest absolute Gasteiger partial charge is 0.298 e. The number of aliphatic imine (C=N–C) groups is 1. The summed E-state index contributed by atoms with van der Waals surface area (Å²) >= 11 is 2.64. The second kappa shape index (κ2) is 9.57. The number of nitrogens with one attached hydrogen (secondary N) is 2. The van der Waals surface area contributed by atoms with E-state index in [4.69, 9.17) is 0 Å². The molecule has 170 valence electrons. The van der Waals surface area contributed by atoms with E-state index in [1.165, 1.54) is 23.7 Å². The van der Waals surface area contributed by atoms with Gasteiger partial charge in [-0.05, 0) is 41.3 Å². The van der Waals surface area contributed by atoms with Crippen molar-refractivity contribution in [2.45, 2.75) is 50.4 Å². The van der Waals surface area contributed by atoms with Crippen molar-refractivity contribution in [3.8, 4) is 6.07 Å². The molecule has 7 nitrogen and oxygen atoms in total. The van der Waals surface area contributed by atoms with Crippen LogP contribution in [0.25, 0.3) is 0 Å². The molecule has 1 atom stereocenters. The zero-order chi connectivity index (χ0) is 23.6. The number of pyridine rings is 1. The van der Waals surface area contributed by atoms with Crippen LogP contribution in [0, 0.1) is 16.7 Å². The molecule has 1 aliphatic carbocycles. The Kier molecular flexibility index (Phi) is 6.77. The van der Waals surface area contributed by atoms with Gasteiger partial charge in [0.1, 0.15) is 16.5 Å². The summed E-state index contributed by atoms with van der Waals surface area (Å²) in [6.45, 7) is 6.04. The summed E-state index contributed by atoms with van der Waals surface area (Å²) < 4.78 is 3.05. The van der Waals surface area contributed by atoms with E-state index in [1.54, 1.807) is 0 Å². The van der Waals surface area contributed by atoms with Crippen LogP contribution in [0.1, 0.15) is 65.3 Å². The van der Waals surface area contributed by atoms with Crippen LogP contribution in [0.2, 0.25) is 0 Å². The molecule has 1 amide bonds. The van der Waals surface area contributed by atoms with Gasteiger partial charge in [0.2, 0.25) is 11.9 Å². The van der Waals surface area contributed by atoms with E-state index in [0.717, 1.165) is 16.8 Å². The smallest absolute Gasteiger partial charge is 0.237 e. The number of amides is 1. The number of Topliss-reactive ketones (excluding diaryl/α,β-unsaturated/α-hetero) is 1. The highest BCUT2D eigenvalue weighted by atomic mass is 32.2. The fourth-order valence-corrected chi connectivity index (χ4v) is 5.74. The van der Waals surface area contributed by atoms with Gasteiger partial charge < -0.3 is 0 Å². The lowest BCUT2D eigenvalue weighted by Gasteiger charge is -2.31. The van der Waals surface area contributed by atoms with Crippen molar-refractivity contribution >= 4 is 41.4 Å². The van der Waals surface area contributed by atoms with Crippen LogP contribution in [0.4, 0.5) is 0 Å². The molecule has 2 aromatic rings. The molecule has 2 aliphatic rings. The zero-order valence-electron chi connectivity index (χ0n) is 18.8. The maximum Gasteiger partial charge on any atom is 0.237 e. The summed E-state index contributed by atoms with van der Waals surface area (Å²) in [5.41, 5.74) is 3.37. The second-order valence-electron chi connectivity index (χ2n) is 8.80. The zero-order valence-corrected chi connectivity index (χ0v) is 20.4. The number of thioether (sulfide) groups is 1. The van der Waals surface area contributed by atoms with Crippen molar-refractivity contribution in [1.82, 2.24) is 15.0 Å². The summed E-state index contributed by atoms with van der Waals surface area (Å²) in [5, 5.41) is 13.0. The number of guanidine groups is 1. The van der Waals surface area contributed by atoms with Gasteiger partial charge in [-0.1, -0.05) is 62.9 Å². The molecule has 0 saturated heterocycles. The van der Waals surface area contributed by atoms with E-state index in [9.17, 15) is 14.9 Å². The summed E-state index contributed by atoms with van der Waals surface area (Å²) in [7, 11) is 0. The highest BCUT2D eigenvalue weighted by molar-refractivity contribution is 8.00. The van der Waals surface area contributed by atoms with Crippen molar-refractivity contribution in [2.75, 3.05) is 5.75 Å². The monoisotopic (exact) mass is 479 g/mol. The van der Waals surface area contributed by atoms with Crippen LogP contribution in [-0.2, 0) is 17.6 Å². The van der Waals surface area contributed by atoms with Crippen molar-refractivity contribution in [3.63, 3.8) is 0 Å². The van der Waals surface area contributed by atoms with Crippen LogP contribution in [0.5, 0.6) is 0 Å². The molecule has 0 radical (unpaired) electrons. The molecular weight excluding hydrogens is 454 g/mol. The van der Waals surface area contributed by atoms with Gasteiger partial charge in [0.25, 0.3) is 0 Å². The first-order valence-corrected chi connectivity index (χ1v) is 12.6. The summed E-state index contributed by atoms with van der Waals surface area (Å²) in [4.78, 5) is 34.6. The first kappa shape index (κ1) is 23.3. The number of rotatable bonds is 5. The number of benzene rings is 1. The Morgan fingerprint density at radius 2 is 2.09 bits per heavy atom. The molecule has 1 aromatic carbocycles. The first-order chi connectivity index (χ1) is 15.8. The van der Waals surface area contributed by atoms with Crippen LogP contribution in [0.3, 0.4) is 0 Å². The molecular formula is C24H25N5O2S2. The Labute approximate surface area is 202 Å². The number of ketones is 1. The van der Waals surface area contributed by atoms with E-state index in [1.807, 2.05) is 37.3 Å². The van der Waals surface area contributed by atoms with Gasteiger partial charge in [-0.2, -0.15) is 5.26 Å². The van der Waals surface area contributed by atoms with Gasteiger partial charge in [0.05, 0.1) is 17.0 Å². The van der Waals surface area contributed by atoms with Crippen LogP contribution < -0.4 is 10.0 Å². The maximum absolute atomic E-state index is 12.8. The van der Waals surface area contributed by atoms with Crippen molar-refractivity contribution < 1.29 is 9.59 Å². The maximum atomic E-state index is 12.8. The molecule has 0 bridgehead atoms.